The SMILES string of the molecule is O=c1cc(-c2cnccn2)nc[nH]1. The quantitative estimate of drug-likeness (QED) is 0.671. The Bertz CT molecular complexity index is 451. The van der Waals surface area contributed by atoms with E-state index in [0.29, 0.717) is 11.4 Å². The Kier molecular flexibility index (Phi) is 1.84. The molecular formula is C8H6N4O. The molecule has 0 amide bonds. The molecule has 0 atom stereocenters. The van der Waals surface area contributed by atoms with E-state index in [-0.39, 0.29) is 5.56 Å². The van der Waals surface area contributed by atoms with Crippen LogP contribution in [0.5, 0.6) is 0 Å². The van der Waals surface area contributed by atoms with Crippen LogP contribution in [0.2, 0.25) is 0 Å². The molecule has 2 aromatic heterocycles. The van der Waals surface area contributed by atoms with Crippen molar-refractivity contribution in [2.24, 2.45) is 0 Å². The zero-order chi connectivity index (χ0) is 9.10. The predicted molar refractivity (Wildman–Crippen MR) is 45.9 cm³/mol. The van der Waals surface area contributed by atoms with Gasteiger partial charge in [-0.15, -0.1) is 0 Å². The molecule has 0 aliphatic carbocycles. The van der Waals surface area contributed by atoms with E-state index in [4.69, 9.17) is 0 Å². The summed E-state index contributed by atoms with van der Waals surface area (Å²) in [7, 11) is 0. The summed E-state index contributed by atoms with van der Waals surface area (Å²) in [6, 6.07) is 1.38. The highest BCUT2D eigenvalue weighted by atomic mass is 16.1. The summed E-state index contributed by atoms with van der Waals surface area (Å²) in [5.74, 6) is 0. The lowest BCUT2D eigenvalue weighted by atomic mass is 10.3. The largest absolute Gasteiger partial charge is 0.313 e. The molecule has 0 aromatic carbocycles. The van der Waals surface area contributed by atoms with Crippen molar-refractivity contribution in [1.82, 2.24) is 19.9 Å². The maximum atomic E-state index is 10.9. The van der Waals surface area contributed by atoms with Crippen molar-refractivity contribution < 1.29 is 0 Å². The molecule has 5 nitrogen and oxygen atoms in total. The Morgan fingerprint density at radius 1 is 1.15 bits per heavy atom. The van der Waals surface area contributed by atoms with Gasteiger partial charge in [0.1, 0.15) is 5.69 Å². The smallest absolute Gasteiger partial charge is 0.251 e. The maximum absolute atomic E-state index is 10.9. The van der Waals surface area contributed by atoms with Gasteiger partial charge >= 0.3 is 0 Å². The van der Waals surface area contributed by atoms with Gasteiger partial charge in [0.2, 0.25) is 0 Å². The first-order valence-electron chi connectivity index (χ1n) is 3.67. The Hall–Kier alpha value is -2.04. The first-order chi connectivity index (χ1) is 6.36. The molecule has 5 heteroatoms. The molecule has 0 fully saturated rings. The van der Waals surface area contributed by atoms with E-state index in [9.17, 15) is 4.79 Å². The molecule has 0 bridgehead atoms. The topological polar surface area (TPSA) is 71.5 Å². The lowest BCUT2D eigenvalue weighted by molar-refractivity contribution is 1.10. The fourth-order valence-corrected chi connectivity index (χ4v) is 0.940. The van der Waals surface area contributed by atoms with E-state index >= 15 is 0 Å². The van der Waals surface area contributed by atoms with Crippen molar-refractivity contribution in [1.29, 1.82) is 0 Å². The average molecular weight is 174 g/mol. The summed E-state index contributed by atoms with van der Waals surface area (Å²) in [6.07, 6.45) is 6.02. The molecule has 0 saturated heterocycles. The van der Waals surface area contributed by atoms with E-state index < -0.39 is 0 Å². The van der Waals surface area contributed by atoms with Gasteiger partial charge in [0.15, 0.2) is 0 Å². The average Bonchev–Trinajstić information content (AvgIpc) is 2.19. The van der Waals surface area contributed by atoms with Gasteiger partial charge in [-0.3, -0.25) is 14.8 Å². The fraction of sp³-hybridized carbons (Fsp3) is 0. The zero-order valence-electron chi connectivity index (χ0n) is 6.64. The van der Waals surface area contributed by atoms with Crippen molar-refractivity contribution in [3.8, 4) is 11.4 Å². The molecule has 64 valence electrons. The maximum Gasteiger partial charge on any atom is 0.251 e. The minimum Gasteiger partial charge on any atom is -0.313 e. The highest BCUT2D eigenvalue weighted by Crippen LogP contribution is 2.07. The van der Waals surface area contributed by atoms with Crippen LogP contribution in [0.25, 0.3) is 11.4 Å². The van der Waals surface area contributed by atoms with Gasteiger partial charge in [-0.05, 0) is 0 Å². The Morgan fingerprint density at radius 3 is 2.77 bits per heavy atom. The fourth-order valence-electron chi connectivity index (χ4n) is 0.940. The van der Waals surface area contributed by atoms with Gasteiger partial charge in [0.25, 0.3) is 5.56 Å². The lowest BCUT2D eigenvalue weighted by Gasteiger charge is -1.95. The molecule has 0 radical (unpaired) electrons. The monoisotopic (exact) mass is 174 g/mol. The van der Waals surface area contributed by atoms with Crippen molar-refractivity contribution in [2.75, 3.05) is 0 Å². The Labute approximate surface area is 73.5 Å². The summed E-state index contributed by atoms with van der Waals surface area (Å²) < 4.78 is 0. The molecule has 0 saturated carbocycles. The summed E-state index contributed by atoms with van der Waals surface area (Å²) in [6.45, 7) is 0. The normalized spacial score (nSPS) is 9.85. The Morgan fingerprint density at radius 2 is 2.08 bits per heavy atom. The van der Waals surface area contributed by atoms with Gasteiger partial charge in [0.05, 0.1) is 18.2 Å². The minimum absolute atomic E-state index is 0.198. The van der Waals surface area contributed by atoms with Crippen LogP contribution < -0.4 is 5.56 Å². The van der Waals surface area contributed by atoms with Crippen LogP contribution in [-0.4, -0.2) is 19.9 Å². The Balaban J connectivity index is 2.54. The summed E-state index contributed by atoms with van der Waals surface area (Å²) >= 11 is 0. The van der Waals surface area contributed by atoms with Crippen LogP contribution in [-0.2, 0) is 0 Å². The second-order valence-electron chi connectivity index (χ2n) is 2.39. The van der Waals surface area contributed by atoms with Crippen LogP contribution in [0.1, 0.15) is 0 Å². The third-order valence-corrected chi connectivity index (χ3v) is 1.50. The van der Waals surface area contributed by atoms with Crippen LogP contribution in [0.15, 0.2) is 35.8 Å². The molecule has 0 aliphatic heterocycles. The van der Waals surface area contributed by atoms with Crippen LogP contribution in [0.3, 0.4) is 0 Å². The molecule has 1 N–H and O–H groups in total. The third-order valence-electron chi connectivity index (χ3n) is 1.50. The highest BCUT2D eigenvalue weighted by molar-refractivity contribution is 5.50. The first kappa shape index (κ1) is 7.60. The number of rotatable bonds is 1. The number of aromatic nitrogens is 4. The van der Waals surface area contributed by atoms with E-state index in [1.165, 1.54) is 12.4 Å². The van der Waals surface area contributed by atoms with E-state index in [2.05, 4.69) is 19.9 Å². The second-order valence-corrected chi connectivity index (χ2v) is 2.39. The summed E-state index contributed by atoms with van der Waals surface area (Å²) in [4.78, 5) is 25.2. The third kappa shape index (κ3) is 1.58. The van der Waals surface area contributed by atoms with E-state index in [0.717, 1.165) is 0 Å². The summed E-state index contributed by atoms with van der Waals surface area (Å²) in [5, 5.41) is 0. The van der Waals surface area contributed by atoms with Gasteiger partial charge in [-0.25, -0.2) is 4.98 Å². The number of aromatic amines is 1. The molecule has 0 aliphatic rings. The molecule has 2 rings (SSSR count). The second kappa shape index (κ2) is 3.14. The van der Waals surface area contributed by atoms with Crippen molar-refractivity contribution in [2.45, 2.75) is 0 Å². The standard InChI is InChI=1S/C8H6N4O/c13-8-3-6(11-5-12-8)7-4-9-1-2-10-7/h1-5H,(H,11,12,13). The minimum atomic E-state index is -0.198. The van der Waals surface area contributed by atoms with Gasteiger partial charge < -0.3 is 4.98 Å². The number of nitrogens with zero attached hydrogens (tertiary/aromatic N) is 3. The number of hydrogen-bond donors (Lipinski definition) is 1. The number of nitrogens with one attached hydrogen (secondary N) is 1. The van der Waals surface area contributed by atoms with Gasteiger partial charge in [0, 0.05) is 18.5 Å². The molecule has 0 spiro atoms. The highest BCUT2D eigenvalue weighted by Gasteiger charge is 1.99. The van der Waals surface area contributed by atoms with E-state index in [1.807, 2.05) is 0 Å². The molecule has 0 unspecified atom stereocenters. The van der Waals surface area contributed by atoms with Crippen LogP contribution >= 0.6 is 0 Å². The summed E-state index contributed by atoms with van der Waals surface area (Å²) in [5.41, 5.74) is 0.918. The molecular weight excluding hydrogens is 168 g/mol. The van der Waals surface area contributed by atoms with Crippen molar-refractivity contribution in [3.63, 3.8) is 0 Å². The molecule has 2 aromatic rings. The van der Waals surface area contributed by atoms with Crippen LogP contribution in [0, 0.1) is 0 Å². The van der Waals surface area contributed by atoms with Crippen molar-refractivity contribution in [3.05, 3.63) is 41.3 Å². The predicted octanol–water partition coefficient (Wildman–Crippen LogP) is 0.227. The van der Waals surface area contributed by atoms with Crippen LogP contribution in [0.4, 0.5) is 0 Å². The molecule has 2 heterocycles. The van der Waals surface area contributed by atoms with E-state index in [1.54, 1.807) is 18.6 Å². The zero-order valence-corrected chi connectivity index (χ0v) is 6.64. The number of hydrogen-bond acceptors (Lipinski definition) is 4. The number of H-pyrrole nitrogens is 1. The lowest BCUT2D eigenvalue weighted by Crippen LogP contribution is -2.04. The molecule has 13 heavy (non-hydrogen) atoms. The van der Waals surface area contributed by atoms with Gasteiger partial charge in [-0.1, -0.05) is 0 Å². The first-order valence-corrected chi connectivity index (χ1v) is 3.67. The van der Waals surface area contributed by atoms with Gasteiger partial charge in [-0.2, -0.15) is 0 Å². The van der Waals surface area contributed by atoms with Crippen molar-refractivity contribution >= 4 is 0 Å².